The number of aromatic nitrogens is 4. The maximum Gasteiger partial charge on any atom is 0.407 e. The number of carbonyl (C=O) groups is 3. The predicted octanol–water partition coefficient (Wildman–Crippen LogP) is 3.70. The molecule has 2 aromatic carbocycles. The Bertz CT molecular complexity index is 1370. The number of amides is 1. The molecule has 0 aliphatic rings. The lowest BCUT2D eigenvalue weighted by Crippen LogP contribution is -2.34. The van der Waals surface area contributed by atoms with Gasteiger partial charge in [-0.05, 0) is 57.2 Å². The van der Waals surface area contributed by atoms with Crippen molar-refractivity contribution in [3.05, 3.63) is 59.9 Å². The number of nitrogens with one attached hydrogen (secondary N) is 2. The van der Waals surface area contributed by atoms with E-state index < -0.39 is 11.7 Å². The molecule has 0 aliphatic carbocycles. The molecule has 0 atom stereocenters. The van der Waals surface area contributed by atoms with E-state index in [1.807, 2.05) is 26.8 Å². The Morgan fingerprint density at radius 3 is 2.22 bits per heavy atom. The summed E-state index contributed by atoms with van der Waals surface area (Å²) in [6.45, 7) is 6.33. The second kappa shape index (κ2) is 11.3. The van der Waals surface area contributed by atoms with Crippen molar-refractivity contribution in [3.63, 3.8) is 0 Å². The zero-order valence-corrected chi connectivity index (χ0v) is 20.8. The molecular formula is C25H29N5O6. The third-order valence-electron chi connectivity index (χ3n) is 4.92. The monoisotopic (exact) mass is 495 g/mol. The average molecular weight is 496 g/mol. The van der Waals surface area contributed by atoms with E-state index in [9.17, 15) is 14.4 Å². The lowest BCUT2D eigenvalue weighted by atomic mass is 10.1. The molecule has 0 bridgehead atoms. The summed E-state index contributed by atoms with van der Waals surface area (Å²) in [4.78, 5) is 34.2. The molecule has 2 heterocycles. The van der Waals surface area contributed by atoms with Crippen molar-refractivity contribution < 1.29 is 28.6 Å². The minimum Gasteiger partial charge on any atom is -0.465 e. The zero-order chi connectivity index (χ0) is 26.3. The number of hydrogen-bond donors (Lipinski definition) is 2. The quantitative estimate of drug-likeness (QED) is 0.316. The van der Waals surface area contributed by atoms with Crippen LogP contribution in [0.3, 0.4) is 0 Å². The Balaban J connectivity index is 0.000000233. The zero-order valence-electron chi connectivity index (χ0n) is 20.8. The fourth-order valence-corrected chi connectivity index (χ4v) is 3.28. The SMILES string of the molecule is COC(=O)c1ccc2[nH]ncc2c1.COC(=O)c1ccc2c(cnn2CCNC(=O)OC(C)(C)C)c1. The highest BCUT2D eigenvalue weighted by Crippen LogP contribution is 2.16. The first kappa shape index (κ1) is 26.2. The van der Waals surface area contributed by atoms with E-state index in [2.05, 4.69) is 25.3 Å². The number of alkyl carbamates (subject to hydrolysis) is 1. The van der Waals surface area contributed by atoms with Crippen molar-refractivity contribution in [2.24, 2.45) is 0 Å². The summed E-state index contributed by atoms with van der Waals surface area (Å²) in [5, 5.41) is 15.3. The number of esters is 2. The van der Waals surface area contributed by atoms with E-state index in [0.717, 1.165) is 21.8 Å². The molecule has 1 amide bonds. The molecule has 0 saturated carbocycles. The number of fused-ring (bicyclic) bond motifs is 2. The van der Waals surface area contributed by atoms with Gasteiger partial charge in [0.05, 0.1) is 55.3 Å². The molecule has 0 aliphatic heterocycles. The van der Waals surface area contributed by atoms with Gasteiger partial charge in [0, 0.05) is 17.3 Å². The predicted molar refractivity (Wildman–Crippen MR) is 133 cm³/mol. The molecule has 11 nitrogen and oxygen atoms in total. The van der Waals surface area contributed by atoms with Crippen LogP contribution in [0, 0.1) is 0 Å². The summed E-state index contributed by atoms with van der Waals surface area (Å²) < 4.78 is 16.2. The minimum atomic E-state index is -0.521. The lowest BCUT2D eigenvalue weighted by Gasteiger charge is -2.19. The molecular weight excluding hydrogens is 466 g/mol. The van der Waals surface area contributed by atoms with Gasteiger partial charge >= 0.3 is 18.0 Å². The third-order valence-corrected chi connectivity index (χ3v) is 4.92. The van der Waals surface area contributed by atoms with Gasteiger partial charge in [0.15, 0.2) is 0 Å². The van der Waals surface area contributed by atoms with Crippen LogP contribution < -0.4 is 5.32 Å². The average Bonchev–Trinajstić information content (AvgIpc) is 3.48. The van der Waals surface area contributed by atoms with E-state index in [4.69, 9.17) is 9.47 Å². The first-order chi connectivity index (χ1) is 17.1. The van der Waals surface area contributed by atoms with Gasteiger partial charge in [0.1, 0.15) is 5.60 Å². The van der Waals surface area contributed by atoms with Crippen LogP contribution in [-0.4, -0.2) is 64.4 Å². The van der Waals surface area contributed by atoms with Crippen LogP contribution in [0.4, 0.5) is 4.79 Å². The molecule has 0 saturated heterocycles. The van der Waals surface area contributed by atoms with Gasteiger partial charge in [-0.15, -0.1) is 0 Å². The Hall–Kier alpha value is -4.41. The number of methoxy groups -OCH3 is 2. The van der Waals surface area contributed by atoms with Crippen molar-refractivity contribution in [3.8, 4) is 0 Å². The van der Waals surface area contributed by atoms with Gasteiger partial charge in [0.25, 0.3) is 0 Å². The normalized spacial score (nSPS) is 10.9. The summed E-state index contributed by atoms with van der Waals surface area (Å²) in [6, 6.07) is 10.5. The highest BCUT2D eigenvalue weighted by atomic mass is 16.6. The number of benzene rings is 2. The summed E-state index contributed by atoms with van der Waals surface area (Å²) >= 11 is 0. The Morgan fingerprint density at radius 1 is 0.944 bits per heavy atom. The molecule has 0 unspecified atom stereocenters. The number of ether oxygens (including phenoxy) is 3. The van der Waals surface area contributed by atoms with Crippen LogP contribution in [0.1, 0.15) is 41.5 Å². The van der Waals surface area contributed by atoms with Gasteiger partial charge in [-0.3, -0.25) is 9.78 Å². The Labute approximate surface area is 207 Å². The first-order valence-corrected chi connectivity index (χ1v) is 11.1. The van der Waals surface area contributed by atoms with Crippen molar-refractivity contribution in [1.82, 2.24) is 25.3 Å². The van der Waals surface area contributed by atoms with E-state index in [1.165, 1.54) is 14.2 Å². The summed E-state index contributed by atoms with van der Waals surface area (Å²) in [5.74, 6) is -0.714. The molecule has 0 fully saturated rings. The molecule has 4 aromatic rings. The van der Waals surface area contributed by atoms with Gasteiger partial charge in [0.2, 0.25) is 0 Å². The van der Waals surface area contributed by atoms with Crippen molar-refractivity contribution in [1.29, 1.82) is 0 Å². The largest absolute Gasteiger partial charge is 0.465 e. The van der Waals surface area contributed by atoms with Crippen molar-refractivity contribution >= 4 is 39.8 Å². The van der Waals surface area contributed by atoms with Gasteiger partial charge < -0.3 is 19.5 Å². The second-order valence-corrected chi connectivity index (χ2v) is 8.73. The third kappa shape index (κ3) is 6.81. The highest BCUT2D eigenvalue weighted by molar-refractivity contribution is 5.95. The summed E-state index contributed by atoms with van der Waals surface area (Å²) in [6.07, 6.45) is 2.89. The van der Waals surface area contributed by atoms with Crippen LogP contribution in [0.2, 0.25) is 0 Å². The second-order valence-electron chi connectivity index (χ2n) is 8.73. The van der Waals surface area contributed by atoms with Crippen LogP contribution >= 0.6 is 0 Å². The van der Waals surface area contributed by atoms with E-state index in [-0.39, 0.29) is 11.9 Å². The van der Waals surface area contributed by atoms with E-state index in [1.54, 1.807) is 47.4 Å². The fraction of sp³-hybridized carbons (Fsp3) is 0.320. The standard InChI is InChI=1S/C16H21N3O4.C9H8N2O2/c1-16(2,3)23-15(21)17-7-8-19-13-6-5-11(14(20)22-4)9-12(13)10-18-19;1-13-9(12)6-2-3-8-7(4-6)5-10-11-8/h5-6,9-10H,7-8H2,1-4H3,(H,17,21);2-5H,1H3,(H,10,11). The molecule has 2 aromatic heterocycles. The van der Waals surface area contributed by atoms with Gasteiger partial charge in [-0.1, -0.05) is 0 Å². The molecule has 0 spiro atoms. The Kier molecular flexibility index (Phi) is 8.26. The maximum absolute atomic E-state index is 11.6. The summed E-state index contributed by atoms with van der Waals surface area (Å²) in [7, 11) is 2.71. The molecule has 4 rings (SSSR count). The number of hydrogen-bond acceptors (Lipinski definition) is 8. The number of nitrogens with zero attached hydrogens (tertiary/aromatic N) is 3. The molecule has 2 N–H and O–H groups in total. The molecule has 0 radical (unpaired) electrons. The Morgan fingerprint density at radius 2 is 1.58 bits per heavy atom. The van der Waals surface area contributed by atoms with Gasteiger partial charge in [-0.25, -0.2) is 14.4 Å². The summed E-state index contributed by atoms with van der Waals surface area (Å²) in [5.41, 5.74) is 2.28. The first-order valence-electron chi connectivity index (χ1n) is 11.1. The fourth-order valence-electron chi connectivity index (χ4n) is 3.28. The molecule has 36 heavy (non-hydrogen) atoms. The number of H-pyrrole nitrogens is 1. The van der Waals surface area contributed by atoms with Crippen LogP contribution in [0.15, 0.2) is 48.8 Å². The smallest absolute Gasteiger partial charge is 0.407 e. The van der Waals surface area contributed by atoms with Crippen molar-refractivity contribution in [2.75, 3.05) is 20.8 Å². The van der Waals surface area contributed by atoms with Gasteiger partial charge in [-0.2, -0.15) is 10.2 Å². The van der Waals surface area contributed by atoms with E-state index in [0.29, 0.717) is 24.2 Å². The maximum atomic E-state index is 11.6. The number of rotatable bonds is 5. The highest BCUT2D eigenvalue weighted by Gasteiger charge is 2.16. The number of carbonyl (C=O) groups excluding carboxylic acids is 3. The van der Waals surface area contributed by atoms with Crippen LogP contribution in [0.5, 0.6) is 0 Å². The number of aromatic amines is 1. The minimum absolute atomic E-state index is 0.330. The molecule has 11 heteroatoms. The van der Waals surface area contributed by atoms with Crippen LogP contribution in [-0.2, 0) is 20.8 Å². The topological polar surface area (TPSA) is 137 Å². The lowest BCUT2D eigenvalue weighted by molar-refractivity contribution is 0.0523. The molecule has 190 valence electrons. The van der Waals surface area contributed by atoms with Crippen LogP contribution in [0.25, 0.3) is 21.8 Å². The van der Waals surface area contributed by atoms with Crippen molar-refractivity contribution in [2.45, 2.75) is 32.9 Å². The van der Waals surface area contributed by atoms with E-state index >= 15 is 0 Å².